The average Bonchev–Trinajstić information content (AvgIpc) is 2.81. The van der Waals surface area contributed by atoms with E-state index in [9.17, 15) is 9.90 Å². The van der Waals surface area contributed by atoms with Gasteiger partial charge in [-0.1, -0.05) is 45.0 Å². The van der Waals surface area contributed by atoms with Crippen molar-refractivity contribution >= 4 is 11.7 Å². The van der Waals surface area contributed by atoms with E-state index in [1.54, 1.807) is 0 Å². The van der Waals surface area contributed by atoms with Crippen LogP contribution in [-0.4, -0.2) is 60.4 Å². The molecule has 0 unspecified atom stereocenters. The monoisotopic (exact) mass is 466 g/mol. The Morgan fingerprint density at radius 2 is 1.94 bits per heavy atom. The number of nitrogens with zero attached hydrogens (tertiary/aromatic N) is 2. The third-order valence-electron chi connectivity index (χ3n) is 8.52. The minimum atomic E-state index is -1.04. The third kappa shape index (κ3) is 5.06. The fourth-order valence-corrected chi connectivity index (χ4v) is 6.44. The third-order valence-corrected chi connectivity index (χ3v) is 8.52. The second-order valence-electron chi connectivity index (χ2n) is 10.8. The lowest BCUT2D eigenvalue weighted by Gasteiger charge is -2.53. The van der Waals surface area contributed by atoms with Gasteiger partial charge in [0.05, 0.1) is 12.0 Å². The van der Waals surface area contributed by atoms with Crippen molar-refractivity contribution in [2.75, 3.05) is 37.6 Å². The molecule has 186 valence electrons. The number of esters is 1. The standard InChI is InChI=1S/C29H42N2O3/c1-6-24-9-7-8-10-27(24)31-15-13-30(14-16-31)19-21(3)25-12-11-22(4)29(33)18-28(34-23(5)32)20(2)17-26(25)29/h7-10,17,21-22,25-26,28,33H,6,11-16,19H2,1-5H3/t21-,22-,25+,26-,28-,29-/m1/s1. The molecule has 1 aromatic carbocycles. The quantitative estimate of drug-likeness (QED) is 0.498. The van der Waals surface area contributed by atoms with Crippen molar-refractivity contribution in [2.45, 2.75) is 65.6 Å². The molecule has 6 atom stereocenters. The minimum Gasteiger partial charge on any atom is -0.457 e. The molecule has 2 radical (unpaired) electrons. The van der Waals surface area contributed by atoms with Crippen molar-refractivity contribution in [3.8, 4) is 0 Å². The molecule has 0 amide bonds. The predicted octanol–water partition coefficient (Wildman–Crippen LogP) is 4.37. The second-order valence-corrected chi connectivity index (χ2v) is 10.8. The van der Waals surface area contributed by atoms with Gasteiger partial charge in [-0.25, -0.2) is 0 Å². The summed E-state index contributed by atoms with van der Waals surface area (Å²) in [6.45, 7) is 15.4. The van der Waals surface area contributed by atoms with Gasteiger partial charge in [-0.15, -0.1) is 0 Å². The second kappa shape index (κ2) is 10.4. The zero-order chi connectivity index (χ0) is 24.5. The summed E-state index contributed by atoms with van der Waals surface area (Å²) in [4.78, 5) is 16.7. The van der Waals surface area contributed by atoms with Gasteiger partial charge >= 0.3 is 5.97 Å². The molecule has 3 aliphatic rings. The van der Waals surface area contributed by atoms with Crippen LogP contribution in [-0.2, 0) is 16.0 Å². The maximum Gasteiger partial charge on any atom is 0.303 e. The van der Waals surface area contributed by atoms with Gasteiger partial charge in [-0.2, -0.15) is 0 Å². The van der Waals surface area contributed by atoms with Crippen LogP contribution in [0.15, 0.2) is 35.9 Å². The number of rotatable bonds is 6. The van der Waals surface area contributed by atoms with Crippen LogP contribution in [0.3, 0.4) is 0 Å². The Morgan fingerprint density at radius 1 is 1.24 bits per heavy atom. The molecule has 1 saturated heterocycles. The van der Waals surface area contributed by atoms with Gasteiger partial charge < -0.3 is 14.7 Å². The Hall–Kier alpha value is -1.85. The molecule has 1 aromatic rings. The van der Waals surface area contributed by atoms with E-state index in [1.165, 1.54) is 18.2 Å². The van der Waals surface area contributed by atoms with Gasteiger partial charge in [0.1, 0.15) is 6.10 Å². The molecule has 0 spiro atoms. The highest BCUT2D eigenvalue weighted by Gasteiger charge is 2.53. The van der Waals surface area contributed by atoms with E-state index >= 15 is 0 Å². The largest absolute Gasteiger partial charge is 0.457 e. The first kappa shape index (κ1) is 25.2. The first-order valence-corrected chi connectivity index (χ1v) is 13.1. The summed E-state index contributed by atoms with van der Waals surface area (Å²) < 4.78 is 5.45. The summed E-state index contributed by atoms with van der Waals surface area (Å²) in [6.07, 6.45) is 8.09. The highest BCUT2D eigenvalue weighted by Crippen LogP contribution is 2.50. The van der Waals surface area contributed by atoms with Crippen molar-refractivity contribution in [3.63, 3.8) is 0 Å². The Labute approximate surface area is 206 Å². The molecule has 1 N–H and O–H groups in total. The van der Waals surface area contributed by atoms with E-state index in [-0.39, 0.29) is 17.8 Å². The number of anilines is 1. The summed E-state index contributed by atoms with van der Waals surface area (Å²) in [5.74, 6) is 0.651. The van der Waals surface area contributed by atoms with Crippen LogP contribution >= 0.6 is 0 Å². The van der Waals surface area contributed by atoms with Crippen molar-refractivity contribution in [1.29, 1.82) is 0 Å². The summed E-state index contributed by atoms with van der Waals surface area (Å²) >= 11 is 0. The van der Waals surface area contributed by atoms with Crippen molar-refractivity contribution in [1.82, 2.24) is 4.90 Å². The van der Waals surface area contributed by atoms with E-state index in [0.717, 1.165) is 57.6 Å². The van der Waals surface area contributed by atoms with Crippen LogP contribution in [0.5, 0.6) is 0 Å². The summed E-state index contributed by atoms with van der Waals surface area (Å²) in [5.41, 5.74) is 2.76. The van der Waals surface area contributed by atoms with Crippen LogP contribution in [0.25, 0.3) is 0 Å². The minimum absolute atomic E-state index is 0.0239. The van der Waals surface area contributed by atoms with Crippen LogP contribution in [0.2, 0.25) is 0 Å². The highest BCUT2D eigenvalue weighted by molar-refractivity contribution is 5.66. The molecule has 0 bridgehead atoms. The zero-order valence-corrected chi connectivity index (χ0v) is 21.6. The number of para-hydroxylation sites is 1. The lowest BCUT2D eigenvalue weighted by Crippen LogP contribution is -2.57. The zero-order valence-electron chi connectivity index (χ0n) is 21.6. The first-order valence-electron chi connectivity index (χ1n) is 13.1. The molecular formula is C29H42N2O3. The Balaban J connectivity index is 1.41. The van der Waals surface area contributed by atoms with Crippen LogP contribution < -0.4 is 4.90 Å². The Kier molecular flexibility index (Phi) is 7.73. The smallest absolute Gasteiger partial charge is 0.303 e. The molecule has 1 saturated carbocycles. The number of ether oxygens (including phenoxy) is 1. The van der Waals surface area contributed by atoms with E-state index < -0.39 is 11.7 Å². The number of hydrogen-bond donors (Lipinski definition) is 1. The molecule has 0 aromatic heterocycles. The number of fused-ring (bicyclic) bond motifs is 1. The highest BCUT2D eigenvalue weighted by atomic mass is 16.5. The van der Waals surface area contributed by atoms with Crippen molar-refractivity contribution < 1.29 is 14.6 Å². The average molecular weight is 467 g/mol. The van der Waals surface area contributed by atoms with Crippen LogP contribution in [0, 0.1) is 30.1 Å². The Bertz CT molecular complexity index is 891. The lowest BCUT2D eigenvalue weighted by atomic mass is 9.57. The fraction of sp³-hybridized carbons (Fsp3) is 0.655. The molecule has 5 heteroatoms. The number of piperazine rings is 1. The van der Waals surface area contributed by atoms with Crippen LogP contribution in [0.4, 0.5) is 5.69 Å². The first-order chi connectivity index (χ1) is 16.2. The molecule has 34 heavy (non-hydrogen) atoms. The number of benzene rings is 1. The molecule has 1 aliphatic heterocycles. The summed E-state index contributed by atoms with van der Waals surface area (Å²) in [5, 5.41) is 11.7. The van der Waals surface area contributed by atoms with E-state index in [4.69, 9.17) is 4.74 Å². The normalized spacial score (nSPS) is 33.1. The molecular weight excluding hydrogens is 424 g/mol. The summed E-state index contributed by atoms with van der Waals surface area (Å²) in [7, 11) is 0. The van der Waals surface area contributed by atoms with Crippen molar-refractivity contribution in [3.05, 3.63) is 47.9 Å². The molecule has 4 rings (SSSR count). The fourth-order valence-electron chi connectivity index (χ4n) is 6.44. The molecule has 2 aliphatic carbocycles. The lowest BCUT2D eigenvalue weighted by molar-refractivity contribution is -0.148. The number of aliphatic hydroxyl groups is 1. The van der Waals surface area contributed by atoms with Gasteiger partial charge in [0, 0.05) is 51.3 Å². The van der Waals surface area contributed by atoms with Gasteiger partial charge in [0.15, 0.2) is 0 Å². The number of carbonyl (C=O) groups is 1. The number of hydrogen-bond acceptors (Lipinski definition) is 5. The maximum atomic E-state index is 11.7. The van der Waals surface area contributed by atoms with E-state index in [2.05, 4.69) is 67.3 Å². The van der Waals surface area contributed by atoms with Gasteiger partial charge in [0.25, 0.3) is 0 Å². The number of aryl methyl sites for hydroxylation is 1. The van der Waals surface area contributed by atoms with E-state index in [0.29, 0.717) is 11.8 Å². The molecule has 2 fully saturated rings. The topological polar surface area (TPSA) is 53.0 Å². The molecule has 1 heterocycles. The number of carbonyl (C=O) groups excluding carboxylic acids is 1. The van der Waals surface area contributed by atoms with Gasteiger partial charge in [0.2, 0.25) is 0 Å². The van der Waals surface area contributed by atoms with Crippen LogP contribution in [0.1, 0.15) is 53.0 Å². The predicted molar refractivity (Wildman–Crippen MR) is 137 cm³/mol. The SMILES string of the molecule is CCc1ccccc1N1CCN(C[C@@H](C)[C@@H]2CC[C@@H](C)[C@]3(O)[C][C@@H](OC(C)=O)C(C)=C[C@H]23)CC1. The Morgan fingerprint density at radius 3 is 2.62 bits per heavy atom. The summed E-state index contributed by atoms with van der Waals surface area (Å²) in [6, 6.07) is 8.79. The van der Waals surface area contributed by atoms with Gasteiger partial charge in [-0.3, -0.25) is 9.69 Å². The van der Waals surface area contributed by atoms with Gasteiger partial charge in [-0.05, 0) is 61.1 Å². The molecule has 5 nitrogen and oxygen atoms in total. The van der Waals surface area contributed by atoms with Crippen molar-refractivity contribution in [2.24, 2.45) is 23.7 Å². The van der Waals surface area contributed by atoms with E-state index in [1.807, 2.05) is 6.92 Å². The maximum absolute atomic E-state index is 11.7.